The molecule has 1 aromatic rings. The maximum atomic E-state index is 6.04. The summed E-state index contributed by atoms with van der Waals surface area (Å²) in [5.74, 6) is 2.49. The first kappa shape index (κ1) is 12.9. The van der Waals surface area contributed by atoms with Crippen LogP contribution < -0.4 is 5.73 Å². The Kier molecular flexibility index (Phi) is 4.48. The van der Waals surface area contributed by atoms with Gasteiger partial charge < -0.3 is 5.73 Å². The van der Waals surface area contributed by atoms with Gasteiger partial charge in [0.15, 0.2) is 0 Å². The third-order valence-electron chi connectivity index (χ3n) is 3.88. The molecule has 2 N–H and O–H groups in total. The summed E-state index contributed by atoms with van der Waals surface area (Å²) >= 11 is 2.05. The van der Waals surface area contributed by atoms with E-state index in [2.05, 4.69) is 54.0 Å². The summed E-state index contributed by atoms with van der Waals surface area (Å²) in [7, 11) is 2.22. The molecule has 0 amide bonds. The largest absolute Gasteiger partial charge is 0.329 e. The monoisotopic (exact) mass is 250 g/mol. The first-order valence-electron chi connectivity index (χ1n) is 6.30. The van der Waals surface area contributed by atoms with Crippen molar-refractivity contribution in [1.29, 1.82) is 0 Å². The average Bonchev–Trinajstić information content (AvgIpc) is 2.40. The number of hydrogen-bond donors (Lipinski definition) is 1. The maximum Gasteiger partial charge on any atom is 0.0347 e. The van der Waals surface area contributed by atoms with Crippen molar-refractivity contribution in [3.05, 3.63) is 35.9 Å². The molecular weight excluding hydrogens is 228 g/mol. The minimum absolute atomic E-state index is 0.223. The van der Waals surface area contributed by atoms with Gasteiger partial charge in [-0.3, -0.25) is 4.90 Å². The lowest BCUT2D eigenvalue weighted by Gasteiger charge is -2.44. The normalized spacial score (nSPS) is 19.5. The Morgan fingerprint density at radius 1 is 1.24 bits per heavy atom. The number of benzene rings is 1. The van der Waals surface area contributed by atoms with Crippen LogP contribution in [0.3, 0.4) is 0 Å². The lowest BCUT2D eigenvalue weighted by Crippen LogP contribution is -2.53. The quantitative estimate of drug-likeness (QED) is 0.889. The fraction of sp³-hybridized carbons (Fsp3) is 0.571. The van der Waals surface area contributed by atoms with Crippen molar-refractivity contribution in [3.8, 4) is 0 Å². The Labute approximate surface area is 109 Å². The molecule has 1 aliphatic rings. The van der Waals surface area contributed by atoms with Crippen molar-refractivity contribution < 1.29 is 0 Å². The van der Waals surface area contributed by atoms with Gasteiger partial charge in [0.25, 0.3) is 0 Å². The highest BCUT2D eigenvalue weighted by Crippen LogP contribution is 2.31. The summed E-state index contributed by atoms with van der Waals surface area (Å²) in [6.45, 7) is 1.78. The summed E-state index contributed by atoms with van der Waals surface area (Å²) in [4.78, 5) is 2.46. The Hall–Kier alpha value is -0.510. The SMILES string of the molecule is CN(Cc1ccccc1)C1(CN)CCSCC1. The van der Waals surface area contributed by atoms with Gasteiger partial charge in [0, 0.05) is 18.6 Å². The van der Waals surface area contributed by atoms with Gasteiger partial charge in [-0.15, -0.1) is 0 Å². The van der Waals surface area contributed by atoms with Crippen LogP contribution in [0.25, 0.3) is 0 Å². The van der Waals surface area contributed by atoms with Crippen molar-refractivity contribution in [2.75, 3.05) is 25.1 Å². The number of rotatable bonds is 4. The summed E-state index contributed by atoms with van der Waals surface area (Å²) < 4.78 is 0. The molecule has 1 aromatic carbocycles. The standard InChI is InChI=1S/C14H22N2S/c1-16(11-13-5-3-2-4-6-13)14(12-15)7-9-17-10-8-14/h2-6H,7-12,15H2,1H3. The molecule has 0 spiro atoms. The molecule has 1 saturated heterocycles. The van der Waals surface area contributed by atoms with Crippen molar-refractivity contribution in [1.82, 2.24) is 4.90 Å². The van der Waals surface area contributed by atoms with Gasteiger partial charge in [-0.1, -0.05) is 30.3 Å². The molecule has 17 heavy (non-hydrogen) atoms. The fourth-order valence-corrected chi connectivity index (χ4v) is 3.77. The van der Waals surface area contributed by atoms with E-state index in [1.807, 2.05) is 0 Å². The maximum absolute atomic E-state index is 6.04. The van der Waals surface area contributed by atoms with E-state index in [9.17, 15) is 0 Å². The lowest BCUT2D eigenvalue weighted by molar-refractivity contribution is 0.107. The van der Waals surface area contributed by atoms with Crippen LogP contribution in [0.15, 0.2) is 30.3 Å². The number of nitrogens with zero attached hydrogens (tertiary/aromatic N) is 1. The summed E-state index contributed by atoms with van der Waals surface area (Å²) in [5, 5.41) is 0. The van der Waals surface area contributed by atoms with Gasteiger partial charge in [-0.2, -0.15) is 11.8 Å². The Morgan fingerprint density at radius 3 is 2.47 bits per heavy atom. The first-order valence-corrected chi connectivity index (χ1v) is 7.45. The van der Waals surface area contributed by atoms with Crippen LogP contribution in [-0.2, 0) is 6.54 Å². The second-order valence-corrected chi connectivity index (χ2v) is 6.11. The molecule has 0 unspecified atom stereocenters. The zero-order chi connectivity index (χ0) is 12.1. The molecule has 0 aromatic heterocycles. The van der Waals surface area contributed by atoms with Gasteiger partial charge >= 0.3 is 0 Å². The smallest absolute Gasteiger partial charge is 0.0347 e. The van der Waals surface area contributed by atoms with E-state index in [1.165, 1.54) is 29.9 Å². The van der Waals surface area contributed by atoms with Crippen molar-refractivity contribution in [3.63, 3.8) is 0 Å². The van der Waals surface area contributed by atoms with Crippen molar-refractivity contribution in [2.45, 2.75) is 24.9 Å². The van der Waals surface area contributed by atoms with Gasteiger partial charge in [0.1, 0.15) is 0 Å². The highest BCUT2D eigenvalue weighted by atomic mass is 32.2. The number of thioether (sulfide) groups is 1. The first-order chi connectivity index (χ1) is 8.27. The molecule has 1 fully saturated rings. The molecule has 0 saturated carbocycles. The fourth-order valence-electron chi connectivity index (χ4n) is 2.52. The molecule has 0 bridgehead atoms. The molecular formula is C14H22N2S. The molecule has 94 valence electrons. The van der Waals surface area contributed by atoms with E-state index in [1.54, 1.807) is 0 Å². The van der Waals surface area contributed by atoms with E-state index in [-0.39, 0.29) is 5.54 Å². The van der Waals surface area contributed by atoms with Crippen LogP contribution in [0.1, 0.15) is 18.4 Å². The Bertz CT molecular complexity index is 333. The zero-order valence-corrected chi connectivity index (χ0v) is 11.4. The number of nitrogens with two attached hydrogens (primary N) is 1. The molecule has 3 heteroatoms. The molecule has 2 rings (SSSR count). The van der Waals surface area contributed by atoms with Gasteiger partial charge in [0.05, 0.1) is 0 Å². The van der Waals surface area contributed by atoms with Gasteiger partial charge in [0.2, 0.25) is 0 Å². The third kappa shape index (κ3) is 3.03. The predicted molar refractivity (Wildman–Crippen MR) is 76.3 cm³/mol. The number of hydrogen-bond acceptors (Lipinski definition) is 3. The van der Waals surface area contributed by atoms with Crippen LogP contribution in [0, 0.1) is 0 Å². The topological polar surface area (TPSA) is 29.3 Å². The van der Waals surface area contributed by atoms with Crippen LogP contribution in [0.2, 0.25) is 0 Å². The third-order valence-corrected chi connectivity index (χ3v) is 4.86. The summed E-state index contributed by atoms with van der Waals surface area (Å²) in [5.41, 5.74) is 7.64. The lowest BCUT2D eigenvalue weighted by atomic mass is 9.90. The molecule has 2 nitrogen and oxygen atoms in total. The van der Waals surface area contributed by atoms with Crippen molar-refractivity contribution in [2.24, 2.45) is 5.73 Å². The Balaban J connectivity index is 2.04. The Morgan fingerprint density at radius 2 is 1.88 bits per heavy atom. The second-order valence-electron chi connectivity index (χ2n) is 4.88. The van der Waals surface area contributed by atoms with Crippen LogP contribution in [-0.4, -0.2) is 35.5 Å². The van der Waals surface area contributed by atoms with Gasteiger partial charge in [-0.05, 0) is 37.0 Å². The minimum atomic E-state index is 0.223. The molecule has 0 atom stereocenters. The highest BCUT2D eigenvalue weighted by Gasteiger charge is 2.34. The molecule has 0 aliphatic carbocycles. The van der Waals surface area contributed by atoms with E-state index in [0.717, 1.165) is 13.1 Å². The zero-order valence-electron chi connectivity index (χ0n) is 10.6. The highest BCUT2D eigenvalue weighted by molar-refractivity contribution is 7.99. The second kappa shape index (κ2) is 5.89. The van der Waals surface area contributed by atoms with E-state index < -0.39 is 0 Å². The molecule has 1 aliphatic heterocycles. The van der Waals surface area contributed by atoms with Gasteiger partial charge in [-0.25, -0.2) is 0 Å². The van der Waals surface area contributed by atoms with Crippen LogP contribution in [0.4, 0.5) is 0 Å². The van der Waals surface area contributed by atoms with Crippen LogP contribution in [0.5, 0.6) is 0 Å². The minimum Gasteiger partial charge on any atom is -0.329 e. The van der Waals surface area contributed by atoms with Crippen LogP contribution >= 0.6 is 11.8 Å². The predicted octanol–water partition coefficient (Wildman–Crippen LogP) is 2.34. The average molecular weight is 250 g/mol. The summed E-state index contributed by atoms with van der Waals surface area (Å²) in [6, 6.07) is 10.7. The summed E-state index contributed by atoms with van der Waals surface area (Å²) in [6.07, 6.45) is 2.44. The molecule has 0 radical (unpaired) electrons. The molecule has 1 heterocycles. The number of likely N-dealkylation sites (N-methyl/N-ethyl adjacent to an activating group) is 1. The van der Waals surface area contributed by atoms with E-state index in [4.69, 9.17) is 5.73 Å². The van der Waals surface area contributed by atoms with E-state index in [0.29, 0.717) is 0 Å². The van der Waals surface area contributed by atoms with E-state index >= 15 is 0 Å². The van der Waals surface area contributed by atoms with Crippen molar-refractivity contribution >= 4 is 11.8 Å².